The number of likely N-dealkylation sites (tertiary alicyclic amines) is 1. The van der Waals surface area contributed by atoms with Gasteiger partial charge in [-0.05, 0) is 19.8 Å². The number of aliphatic hydroxyl groups is 1. The Kier molecular flexibility index (Phi) is 4.88. The Bertz CT molecular complexity index is 380. The number of carbonyl (C=O) groups is 3. The lowest BCUT2D eigenvalue weighted by Crippen LogP contribution is -2.50. The third kappa shape index (κ3) is 4.20. The largest absolute Gasteiger partial charge is 0.479 e. The maximum absolute atomic E-state index is 11.9. The first-order valence-electron chi connectivity index (χ1n) is 6.23. The highest BCUT2D eigenvalue weighted by Crippen LogP contribution is 2.16. The standard InChI is InChI=1S/C12H20N2O5/c1-8(15)14-5-3-4-9(6-14)10(16)13-7-12(2,19)11(17)18/h9,19H,3-7H2,1-2H3,(H,13,16)(H,17,18). The Balaban J connectivity index is 2.50. The van der Waals surface area contributed by atoms with E-state index in [2.05, 4.69) is 5.32 Å². The predicted molar refractivity (Wildman–Crippen MR) is 66.2 cm³/mol. The third-order valence-electron chi connectivity index (χ3n) is 3.31. The number of nitrogens with zero attached hydrogens (tertiary/aromatic N) is 1. The van der Waals surface area contributed by atoms with E-state index >= 15 is 0 Å². The Hall–Kier alpha value is -1.63. The molecule has 3 N–H and O–H groups in total. The summed E-state index contributed by atoms with van der Waals surface area (Å²) in [6, 6.07) is 0. The molecule has 0 aromatic heterocycles. The van der Waals surface area contributed by atoms with Gasteiger partial charge in [-0.1, -0.05) is 0 Å². The van der Waals surface area contributed by atoms with Gasteiger partial charge in [0, 0.05) is 20.0 Å². The van der Waals surface area contributed by atoms with Crippen molar-refractivity contribution in [3.05, 3.63) is 0 Å². The molecule has 0 aliphatic carbocycles. The minimum absolute atomic E-state index is 0.0740. The smallest absolute Gasteiger partial charge is 0.337 e. The minimum Gasteiger partial charge on any atom is -0.479 e. The molecule has 2 unspecified atom stereocenters. The van der Waals surface area contributed by atoms with Crippen molar-refractivity contribution in [3.8, 4) is 0 Å². The maximum Gasteiger partial charge on any atom is 0.337 e. The SMILES string of the molecule is CC(=O)N1CCCC(C(=O)NCC(C)(O)C(=O)O)C1. The Morgan fingerprint density at radius 1 is 1.42 bits per heavy atom. The number of carboxylic acid groups (broad SMARTS) is 1. The van der Waals surface area contributed by atoms with Crippen LogP contribution >= 0.6 is 0 Å². The normalized spacial score (nSPS) is 22.5. The summed E-state index contributed by atoms with van der Waals surface area (Å²) in [5, 5.41) is 20.7. The van der Waals surface area contributed by atoms with E-state index < -0.39 is 11.6 Å². The summed E-state index contributed by atoms with van der Waals surface area (Å²) >= 11 is 0. The molecule has 1 rings (SSSR count). The van der Waals surface area contributed by atoms with Crippen LogP contribution in [0.25, 0.3) is 0 Å². The lowest BCUT2D eigenvalue weighted by atomic mass is 9.96. The van der Waals surface area contributed by atoms with Crippen molar-refractivity contribution in [3.63, 3.8) is 0 Å². The van der Waals surface area contributed by atoms with Crippen LogP contribution in [0.15, 0.2) is 0 Å². The van der Waals surface area contributed by atoms with Gasteiger partial charge in [0.05, 0.1) is 12.5 Å². The summed E-state index contributed by atoms with van der Waals surface area (Å²) in [6.07, 6.45) is 1.40. The monoisotopic (exact) mass is 272 g/mol. The fraction of sp³-hybridized carbons (Fsp3) is 0.750. The molecule has 1 fully saturated rings. The van der Waals surface area contributed by atoms with Gasteiger partial charge in [0.25, 0.3) is 0 Å². The molecule has 0 aromatic carbocycles. The number of amides is 2. The zero-order chi connectivity index (χ0) is 14.6. The molecular weight excluding hydrogens is 252 g/mol. The van der Waals surface area contributed by atoms with Crippen LogP contribution in [-0.4, -0.2) is 58.1 Å². The maximum atomic E-state index is 11.9. The second-order valence-electron chi connectivity index (χ2n) is 5.10. The molecule has 1 heterocycles. The molecule has 7 heteroatoms. The van der Waals surface area contributed by atoms with Crippen LogP contribution in [-0.2, 0) is 14.4 Å². The first-order valence-corrected chi connectivity index (χ1v) is 6.23. The van der Waals surface area contributed by atoms with E-state index in [1.807, 2.05) is 0 Å². The molecule has 2 atom stereocenters. The van der Waals surface area contributed by atoms with E-state index in [0.29, 0.717) is 19.5 Å². The molecule has 0 aromatic rings. The highest BCUT2D eigenvalue weighted by molar-refractivity contribution is 5.82. The van der Waals surface area contributed by atoms with Crippen molar-refractivity contribution in [2.75, 3.05) is 19.6 Å². The first kappa shape index (κ1) is 15.4. The third-order valence-corrected chi connectivity index (χ3v) is 3.31. The first-order chi connectivity index (χ1) is 8.74. The van der Waals surface area contributed by atoms with Gasteiger partial charge in [0.1, 0.15) is 0 Å². The zero-order valence-corrected chi connectivity index (χ0v) is 11.2. The van der Waals surface area contributed by atoms with Crippen molar-refractivity contribution < 1.29 is 24.6 Å². The van der Waals surface area contributed by atoms with Gasteiger partial charge in [-0.3, -0.25) is 9.59 Å². The van der Waals surface area contributed by atoms with Crippen molar-refractivity contribution >= 4 is 17.8 Å². The number of hydrogen-bond acceptors (Lipinski definition) is 4. The van der Waals surface area contributed by atoms with Crippen molar-refractivity contribution in [2.24, 2.45) is 5.92 Å². The number of carbonyl (C=O) groups excluding carboxylic acids is 2. The van der Waals surface area contributed by atoms with Gasteiger partial charge < -0.3 is 20.4 Å². The average molecular weight is 272 g/mol. The molecule has 1 aliphatic rings. The van der Waals surface area contributed by atoms with E-state index in [9.17, 15) is 19.5 Å². The van der Waals surface area contributed by atoms with Gasteiger partial charge in [-0.2, -0.15) is 0 Å². The molecule has 1 aliphatic heterocycles. The number of aliphatic carboxylic acids is 1. The Labute approximate surface area is 111 Å². The van der Waals surface area contributed by atoms with Crippen LogP contribution in [0.4, 0.5) is 0 Å². The van der Waals surface area contributed by atoms with Gasteiger partial charge in [0.15, 0.2) is 5.60 Å². The molecular formula is C12H20N2O5. The zero-order valence-electron chi connectivity index (χ0n) is 11.2. The van der Waals surface area contributed by atoms with E-state index in [1.165, 1.54) is 6.92 Å². The van der Waals surface area contributed by atoms with E-state index in [1.54, 1.807) is 4.90 Å². The molecule has 0 radical (unpaired) electrons. The fourth-order valence-corrected chi connectivity index (χ4v) is 1.96. The van der Waals surface area contributed by atoms with E-state index in [-0.39, 0.29) is 24.3 Å². The van der Waals surface area contributed by atoms with Crippen LogP contribution in [0.1, 0.15) is 26.7 Å². The predicted octanol–water partition coefficient (Wildman–Crippen LogP) is -0.803. The lowest BCUT2D eigenvalue weighted by molar-refractivity contribution is -0.156. The van der Waals surface area contributed by atoms with E-state index in [0.717, 1.165) is 13.3 Å². The second kappa shape index (κ2) is 6.01. The highest BCUT2D eigenvalue weighted by atomic mass is 16.4. The number of hydrogen-bond donors (Lipinski definition) is 3. The lowest BCUT2D eigenvalue weighted by Gasteiger charge is -2.31. The fourth-order valence-electron chi connectivity index (χ4n) is 1.96. The number of rotatable bonds is 4. The molecule has 19 heavy (non-hydrogen) atoms. The molecule has 2 amide bonds. The van der Waals surface area contributed by atoms with Crippen LogP contribution in [0.3, 0.4) is 0 Å². The molecule has 0 spiro atoms. The molecule has 1 saturated heterocycles. The topological polar surface area (TPSA) is 107 Å². The van der Waals surface area contributed by atoms with Gasteiger partial charge in [-0.15, -0.1) is 0 Å². The van der Waals surface area contributed by atoms with Gasteiger partial charge >= 0.3 is 5.97 Å². The number of piperidine rings is 1. The molecule has 7 nitrogen and oxygen atoms in total. The van der Waals surface area contributed by atoms with Crippen molar-refractivity contribution in [2.45, 2.75) is 32.3 Å². The summed E-state index contributed by atoms with van der Waals surface area (Å²) in [5.74, 6) is -2.13. The summed E-state index contributed by atoms with van der Waals surface area (Å²) in [4.78, 5) is 35.4. The molecule has 108 valence electrons. The summed E-state index contributed by atoms with van der Waals surface area (Å²) in [5.41, 5.74) is -1.98. The Morgan fingerprint density at radius 3 is 2.58 bits per heavy atom. The van der Waals surface area contributed by atoms with Crippen LogP contribution in [0.5, 0.6) is 0 Å². The molecule has 0 saturated carbocycles. The number of nitrogens with one attached hydrogen (secondary N) is 1. The summed E-state index contributed by atoms with van der Waals surface area (Å²) in [7, 11) is 0. The summed E-state index contributed by atoms with van der Waals surface area (Å²) < 4.78 is 0. The van der Waals surface area contributed by atoms with Crippen LogP contribution in [0, 0.1) is 5.92 Å². The molecule has 0 bridgehead atoms. The van der Waals surface area contributed by atoms with Crippen molar-refractivity contribution in [1.29, 1.82) is 0 Å². The van der Waals surface area contributed by atoms with Gasteiger partial charge in [-0.25, -0.2) is 4.79 Å². The van der Waals surface area contributed by atoms with E-state index in [4.69, 9.17) is 5.11 Å². The van der Waals surface area contributed by atoms with Gasteiger partial charge in [0.2, 0.25) is 11.8 Å². The Morgan fingerprint density at radius 2 is 2.05 bits per heavy atom. The van der Waals surface area contributed by atoms with Crippen molar-refractivity contribution in [1.82, 2.24) is 10.2 Å². The highest BCUT2D eigenvalue weighted by Gasteiger charge is 2.32. The summed E-state index contributed by atoms with van der Waals surface area (Å²) in [6.45, 7) is 3.22. The quantitative estimate of drug-likeness (QED) is 0.621. The number of carboxylic acids is 1. The average Bonchev–Trinajstić information content (AvgIpc) is 2.36. The minimum atomic E-state index is -1.98. The van der Waals surface area contributed by atoms with Crippen LogP contribution in [0.2, 0.25) is 0 Å². The second-order valence-corrected chi connectivity index (χ2v) is 5.10. The van der Waals surface area contributed by atoms with Crippen LogP contribution < -0.4 is 5.32 Å².